The van der Waals surface area contributed by atoms with Gasteiger partial charge in [0.05, 0.1) is 4.91 Å². The number of thioether (sulfide) groups is 1. The predicted octanol–water partition coefficient (Wildman–Crippen LogP) is 3.66. The molecule has 0 saturated carbocycles. The highest BCUT2D eigenvalue weighted by Gasteiger charge is 2.27. The molecule has 2 aliphatic rings. The lowest BCUT2D eigenvalue weighted by Gasteiger charge is -2.28. The van der Waals surface area contributed by atoms with Crippen molar-refractivity contribution in [1.82, 2.24) is 15.3 Å². The molecule has 7 nitrogen and oxygen atoms in total. The molecular formula is C19H24ClFN4O3S. The van der Waals surface area contributed by atoms with Crippen LogP contribution in [0.1, 0.15) is 32.3 Å². The van der Waals surface area contributed by atoms with E-state index in [9.17, 15) is 14.0 Å². The SMILES string of the molecule is CCN(CC)C(=O)Oc1cc(F)ccc1C=C1SC(N2CCCCN2)=NC1=O.Cl. The second-order valence-corrected chi connectivity index (χ2v) is 7.31. The fourth-order valence-electron chi connectivity index (χ4n) is 2.86. The number of hydrogen-bond acceptors (Lipinski definition) is 6. The van der Waals surface area contributed by atoms with E-state index in [-0.39, 0.29) is 24.1 Å². The number of aliphatic imine (C=N–C) groups is 1. The second-order valence-electron chi connectivity index (χ2n) is 6.30. The number of carbonyl (C=O) groups excluding carboxylic acids is 2. The maximum atomic E-state index is 13.7. The van der Waals surface area contributed by atoms with Gasteiger partial charge in [0, 0.05) is 37.8 Å². The van der Waals surface area contributed by atoms with Gasteiger partial charge in [0.1, 0.15) is 11.6 Å². The summed E-state index contributed by atoms with van der Waals surface area (Å²) in [5.41, 5.74) is 3.66. The van der Waals surface area contributed by atoms with Crippen LogP contribution in [-0.4, -0.2) is 53.3 Å². The van der Waals surface area contributed by atoms with Crippen LogP contribution in [0.3, 0.4) is 0 Å². The Balaban J connectivity index is 0.00000300. The summed E-state index contributed by atoms with van der Waals surface area (Å²) in [7, 11) is 0. The molecular weight excluding hydrogens is 419 g/mol. The third-order valence-corrected chi connectivity index (χ3v) is 5.44. The van der Waals surface area contributed by atoms with Gasteiger partial charge in [-0.25, -0.2) is 14.6 Å². The van der Waals surface area contributed by atoms with Gasteiger partial charge < -0.3 is 9.64 Å². The van der Waals surface area contributed by atoms with Crippen molar-refractivity contribution in [3.63, 3.8) is 0 Å². The monoisotopic (exact) mass is 442 g/mol. The van der Waals surface area contributed by atoms with E-state index in [0.29, 0.717) is 28.7 Å². The number of amides is 2. The second kappa shape index (κ2) is 10.6. The minimum atomic E-state index is -0.560. The van der Waals surface area contributed by atoms with E-state index in [1.165, 1.54) is 28.8 Å². The number of carbonyl (C=O) groups is 2. The van der Waals surface area contributed by atoms with E-state index in [4.69, 9.17) is 4.74 Å². The molecule has 1 fully saturated rings. The third-order valence-electron chi connectivity index (χ3n) is 4.43. The van der Waals surface area contributed by atoms with Gasteiger partial charge in [-0.05, 0) is 56.7 Å². The molecule has 1 aromatic carbocycles. The van der Waals surface area contributed by atoms with Crippen molar-refractivity contribution in [2.45, 2.75) is 26.7 Å². The summed E-state index contributed by atoms with van der Waals surface area (Å²) in [6.45, 7) is 6.26. The van der Waals surface area contributed by atoms with E-state index >= 15 is 0 Å². The molecule has 158 valence electrons. The van der Waals surface area contributed by atoms with Crippen molar-refractivity contribution >= 4 is 47.4 Å². The lowest BCUT2D eigenvalue weighted by molar-refractivity contribution is -0.113. The van der Waals surface area contributed by atoms with E-state index in [1.54, 1.807) is 6.08 Å². The van der Waals surface area contributed by atoms with Crippen LogP contribution in [0.25, 0.3) is 6.08 Å². The molecule has 2 heterocycles. The smallest absolute Gasteiger partial charge is 0.409 e. The summed E-state index contributed by atoms with van der Waals surface area (Å²) >= 11 is 1.25. The topological polar surface area (TPSA) is 74.2 Å². The first-order chi connectivity index (χ1) is 13.5. The molecule has 0 radical (unpaired) electrons. The van der Waals surface area contributed by atoms with Crippen LogP contribution in [0.15, 0.2) is 28.1 Å². The van der Waals surface area contributed by atoms with Gasteiger partial charge in [-0.1, -0.05) is 0 Å². The number of benzene rings is 1. The van der Waals surface area contributed by atoms with Crippen molar-refractivity contribution < 1.29 is 18.7 Å². The highest BCUT2D eigenvalue weighted by atomic mass is 35.5. The van der Waals surface area contributed by atoms with E-state index < -0.39 is 11.9 Å². The number of hydrazine groups is 1. The summed E-state index contributed by atoms with van der Waals surface area (Å²) in [5.74, 6) is -0.815. The van der Waals surface area contributed by atoms with E-state index in [0.717, 1.165) is 32.0 Å². The summed E-state index contributed by atoms with van der Waals surface area (Å²) in [4.78, 5) is 30.5. The van der Waals surface area contributed by atoms with Gasteiger partial charge in [-0.15, -0.1) is 12.4 Å². The molecule has 2 aliphatic heterocycles. The quantitative estimate of drug-likeness (QED) is 0.717. The van der Waals surface area contributed by atoms with Crippen LogP contribution in [0.2, 0.25) is 0 Å². The minimum Gasteiger partial charge on any atom is -0.409 e. The number of hydrogen-bond donors (Lipinski definition) is 1. The lowest BCUT2D eigenvalue weighted by Crippen LogP contribution is -2.45. The molecule has 1 saturated heterocycles. The van der Waals surface area contributed by atoms with Crippen molar-refractivity contribution in [3.05, 3.63) is 34.5 Å². The Labute approximate surface area is 179 Å². The van der Waals surface area contributed by atoms with E-state index in [1.807, 2.05) is 18.9 Å². The third kappa shape index (κ3) is 5.71. The van der Waals surface area contributed by atoms with Crippen LogP contribution < -0.4 is 10.2 Å². The number of amidine groups is 1. The molecule has 1 N–H and O–H groups in total. The van der Waals surface area contributed by atoms with Crippen LogP contribution in [0.4, 0.5) is 9.18 Å². The first-order valence-corrected chi connectivity index (χ1v) is 10.1. The van der Waals surface area contributed by atoms with Crippen molar-refractivity contribution in [3.8, 4) is 5.75 Å². The normalized spacial score (nSPS) is 17.8. The largest absolute Gasteiger partial charge is 0.415 e. The molecule has 0 aliphatic carbocycles. The number of halogens is 2. The molecule has 29 heavy (non-hydrogen) atoms. The summed E-state index contributed by atoms with van der Waals surface area (Å²) < 4.78 is 19.1. The maximum absolute atomic E-state index is 13.7. The van der Waals surface area contributed by atoms with Gasteiger partial charge in [0.25, 0.3) is 5.91 Å². The van der Waals surface area contributed by atoms with Crippen LogP contribution in [0.5, 0.6) is 5.75 Å². The lowest BCUT2D eigenvalue weighted by atomic mass is 10.2. The van der Waals surface area contributed by atoms with Crippen LogP contribution >= 0.6 is 24.2 Å². The van der Waals surface area contributed by atoms with Crippen LogP contribution in [-0.2, 0) is 4.79 Å². The number of nitrogens with one attached hydrogen (secondary N) is 1. The average Bonchev–Trinajstić information content (AvgIpc) is 3.06. The van der Waals surface area contributed by atoms with E-state index in [2.05, 4.69) is 10.4 Å². The predicted molar refractivity (Wildman–Crippen MR) is 115 cm³/mol. The van der Waals surface area contributed by atoms with Crippen LogP contribution in [0, 0.1) is 5.82 Å². The molecule has 10 heteroatoms. The van der Waals surface area contributed by atoms with Crippen molar-refractivity contribution in [1.29, 1.82) is 0 Å². The van der Waals surface area contributed by atoms with Gasteiger partial charge >= 0.3 is 6.09 Å². The molecule has 0 bridgehead atoms. The van der Waals surface area contributed by atoms with Gasteiger partial charge in [-0.3, -0.25) is 9.80 Å². The Kier molecular flexibility index (Phi) is 8.48. The van der Waals surface area contributed by atoms with Gasteiger partial charge in [0.2, 0.25) is 0 Å². The molecule has 2 amide bonds. The average molecular weight is 443 g/mol. The summed E-state index contributed by atoms with van der Waals surface area (Å²) in [5, 5.41) is 2.47. The minimum absolute atomic E-state index is 0. The molecule has 0 aromatic heterocycles. The first kappa shape index (κ1) is 23.2. The Morgan fingerprint density at radius 3 is 2.79 bits per heavy atom. The molecule has 3 rings (SSSR count). The fraction of sp³-hybridized carbons (Fsp3) is 0.421. The summed E-state index contributed by atoms with van der Waals surface area (Å²) in [6.07, 6.45) is 3.14. The first-order valence-electron chi connectivity index (χ1n) is 9.31. The Bertz CT molecular complexity index is 824. The number of rotatable bonds is 4. The zero-order chi connectivity index (χ0) is 20.1. The Morgan fingerprint density at radius 1 is 1.38 bits per heavy atom. The molecule has 1 aromatic rings. The molecule has 0 unspecified atom stereocenters. The zero-order valence-corrected chi connectivity index (χ0v) is 17.9. The fourth-order valence-corrected chi connectivity index (χ4v) is 3.77. The zero-order valence-electron chi connectivity index (χ0n) is 16.3. The van der Waals surface area contributed by atoms with Gasteiger partial charge in [-0.2, -0.15) is 4.99 Å². The highest BCUT2D eigenvalue weighted by Crippen LogP contribution is 2.33. The van der Waals surface area contributed by atoms with Gasteiger partial charge in [0.15, 0.2) is 5.17 Å². The standard InChI is InChI=1S/C19H23FN4O3S.ClH/c1-3-23(4-2)19(26)27-15-12-14(20)8-7-13(15)11-16-17(25)22-18(28-16)24-10-6-5-9-21-24;/h7-8,11-12,21H,3-6,9-10H2,1-2H3;1H. The maximum Gasteiger partial charge on any atom is 0.415 e. The highest BCUT2D eigenvalue weighted by molar-refractivity contribution is 8.18. The molecule has 0 atom stereocenters. The Morgan fingerprint density at radius 2 is 2.14 bits per heavy atom. The molecule has 0 spiro atoms. The number of ether oxygens (including phenoxy) is 1. The van der Waals surface area contributed by atoms with Crippen molar-refractivity contribution in [2.24, 2.45) is 4.99 Å². The summed E-state index contributed by atoms with van der Waals surface area (Å²) in [6, 6.07) is 3.89. The van der Waals surface area contributed by atoms with Crippen molar-refractivity contribution in [2.75, 3.05) is 26.2 Å². The Hall–Kier alpha value is -2.10. The number of nitrogens with zero attached hydrogens (tertiary/aromatic N) is 3.